The first kappa shape index (κ1) is 26.6. The van der Waals surface area contributed by atoms with E-state index in [0.717, 1.165) is 27.7 Å². The van der Waals surface area contributed by atoms with Crippen molar-refractivity contribution in [3.05, 3.63) is 29.8 Å². The first-order chi connectivity index (χ1) is 15.3. The Bertz CT molecular complexity index is 1020. The SMILES string of the molecule is CC(=O)OC[C@H]1O[C@@H](c2ccccc2S(=O)(O)=S)[C@H](OC(C)=O)[C@@H](OC(C)=O)[C@H]1OC(C)=O. The number of benzene rings is 1. The van der Waals surface area contributed by atoms with E-state index in [0.29, 0.717) is 0 Å². The van der Waals surface area contributed by atoms with Crippen molar-refractivity contribution >= 4 is 43.8 Å². The van der Waals surface area contributed by atoms with E-state index >= 15 is 0 Å². The van der Waals surface area contributed by atoms with Crippen molar-refractivity contribution in [2.75, 3.05) is 6.61 Å². The van der Waals surface area contributed by atoms with Crippen molar-refractivity contribution in [2.45, 2.75) is 63.1 Å². The summed E-state index contributed by atoms with van der Waals surface area (Å²) in [6.45, 7) is 4.04. The molecule has 182 valence electrons. The lowest BCUT2D eigenvalue weighted by molar-refractivity contribution is -0.254. The minimum Gasteiger partial charge on any atom is -0.463 e. The fourth-order valence-corrected chi connectivity index (χ4v) is 4.62. The fourth-order valence-electron chi connectivity index (χ4n) is 3.43. The first-order valence-electron chi connectivity index (χ1n) is 9.68. The number of rotatable bonds is 7. The molecule has 0 aromatic heterocycles. The van der Waals surface area contributed by atoms with Gasteiger partial charge in [0.25, 0.3) is 0 Å². The standard InChI is InChI=1S/C20H24O11S2/c1-10(21)27-9-15-18(28-11(2)22)20(30-13(4)24)19(29-12(3)23)17(31-15)14-7-5-6-8-16(14)33(25,26)32/h5-8,15,17-20H,9H2,1-4H3,(H,25,26,32)/t15-,17+,18+,19+,20+/m1/s1. The van der Waals surface area contributed by atoms with Gasteiger partial charge in [-0.25, -0.2) is 4.21 Å². The zero-order valence-corrected chi connectivity index (χ0v) is 19.9. The summed E-state index contributed by atoms with van der Waals surface area (Å²) in [6, 6.07) is 5.75. The summed E-state index contributed by atoms with van der Waals surface area (Å²) < 4.78 is 49.4. The number of carbonyl (C=O) groups excluding carboxylic acids is 4. The summed E-state index contributed by atoms with van der Waals surface area (Å²) in [5.74, 6) is -3.00. The predicted molar refractivity (Wildman–Crippen MR) is 114 cm³/mol. The molecule has 1 aromatic carbocycles. The molecule has 1 heterocycles. The lowest BCUT2D eigenvalue weighted by Gasteiger charge is -2.44. The van der Waals surface area contributed by atoms with Crippen LogP contribution in [0.1, 0.15) is 39.4 Å². The van der Waals surface area contributed by atoms with Crippen molar-refractivity contribution in [1.29, 1.82) is 0 Å². The molecule has 1 aliphatic rings. The van der Waals surface area contributed by atoms with Crippen LogP contribution in [-0.2, 0) is 62.8 Å². The number of carbonyl (C=O) groups is 4. The van der Waals surface area contributed by atoms with Gasteiger partial charge < -0.3 is 28.2 Å². The molecule has 2 rings (SSSR count). The Hall–Kier alpha value is -2.61. The minimum absolute atomic E-state index is 0.0810. The van der Waals surface area contributed by atoms with Crippen LogP contribution in [0.15, 0.2) is 29.2 Å². The van der Waals surface area contributed by atoms with E-state index in [-0.39, 0.29) is 10.5 Å². The van der Waals surface area contributed by atoms with Crippen molar-refractivity contribution < 1.29 is 51.6 Å². The van der Waals surface area contributed by atoms with E-state index in [9.17, 15) is 27.9 Å². The van der Waals surface area contributed by atoms with Gasteiger partial charge in [0.2, 0.25) is 0 Å². The highest BCUT2D eigenvalue weighted by atomic mass is 32.8. The molecule has 1 aromatic rings. The maximum Gasteiger partial charge on any atom is 0.303 e. The third-order valence-electron chi connectivity index (χ3n) is 4.49. The summed E-state index contributed by atoms with van der Waals surface area (Å²) in [4.78, 5) is 46.8. The zero-order chi connectivity index (χ0) is 24.9. The van der Waals surface area contributed by atoms with Crippen LogP contribution in [0.2, 0.25) is 0 Å². The van der Waals surface area contributed by atoms with Gasteiger partial charge in [-0.3, -0.25) is 19.2 Å². The van der Waals surface area contributed by atoms with Crippen LogP contribution in [0.5, 0.6) is 0 Å². The molecule has 13 heteroatoms. The van der Waals surface area contributed by atoms with Gasteiger partial charge in [-0.05, 0) is 6.07 Å². The second-order valence-corrected chi connectivity index (χ2v) is 9.88. The number of hydrogen-bond acceptors (Lipinski definition) is 11. The normalized spacial score (nSPS) is 26.4. The molecule has 0 spiro atoms. The van der Waals surface area contributed by atoms with Crippen molar-refractivity contribution in [3.8, 4) is 0 Å². The van der Waals surface area contributed by atoms with Gasteiger partial charge >= 0.3 is 23.9 Å². The van der Waals surface area contributed by atoms with Crippen LogP contribution in [0, 0.1) is 0 Å². The summed E-state index contributed by atoms with van der Waals surface area (Å²) in [7, 11) is -3.92. The fraction of sp³-hybridized carbons (Fsp3) is 0.500. The minimum atomic E-state index is -3.92. The zero-order valence-electron chi connectivity index (χ0n) is 18.2. The van der Waals surface area contributed by atoms with E-state index in [1.54, 1.807) is 0 Å². The molecule has 33 heavy (non-hydrogen) atoms. The first-order valence-corrected chi connectivity index (χ1v) is 12.1. The van der Waals surface area contributed by atoms with Gasteiger partial charge in [0.1, 0.15) is 18.8 Å². The summed E-state index contributed by atoms with van der Waals surface area (Å²) in [5, 5.41) is 0. The van der Waals surface area contributed by atoms with E-state index in [4.69, 9.17) is 34.9 Å². The molecule has 11 nitrogen and oxygen atoms in total. The summed E-state index contributed by atoms with van der Waals surface area (Å²) in [6.07, 6.45) is -6.62. The molecule has 0 radical (unpaired) electrons. The van der Waals surface area contributed by atoms with Crippen LogP contribution in [-0.4, -0.2) is 63.7 Å². The Morgan fingerprint density at radius 3 is 1.94 bits per heavy atom. The Morgan fingerprint density at radius 2 is 1.42 bits per heavy atom. The number of esters is 4. The molecule has 1 aliphatic heterocycles. The quantitative estimate of drug-likeness (QED) is 0.417. The molecule has 6 atom stereocenters. The van der Waals surface area contributed by atoms with Gasteiger partial charge in [-0.15, -0.1) is 0 Å². The lowest BCUT2D eigenvalue weighted by Crippen LogP contribution is -2.59. The maximum absolute atomic E-state index is 12.3. The highest BCUT2D eigenvalue weighted by molar-refractivity contribution is 8.29. The second kappa shape index (κ2) is 11.0. The molecule has 0 amide bonds. The molecule has 1 saturated heterocycles. The van der Waals surface area contributed by atoms with Crippen LogP contribution in [0.25, 0.3) is 0 Å². The topological polar surface area (TPSA) is 152 Å². The Kier molecular flexibility index (Phi) is 8.89. The number of ether oxygens (including phenoxy) is 5. The third-order valence-corrected chi connectivity index (χ3v) is 5.96. The maximum atomic E-state index is 12.3. The molecular formula is C20H24O11S2. The van der Waals surface area contributed by atoms with E-state index < -0.39 is 69.8 Å². The monoisotopic (exact) mass is 504 g/mol. The highest BCUT2D eigenvalue weighted by Gasteiger charge is 2.53. The van der Waals surface area contributed by atoms with Crippen LogP contribution in [0.3, 0.4) is 0 Å². The molecular weight excluding hydrogens is 480 g/mol. The van der Waals surface area contributed by atoms with E-state index in [1.165, 1.54) is 24.3 Å². The second-order valence-electron chi connectivity index (χ2n) is 7.13. The largest absolute Gasteiger partial charge is 0.463 e. The average molecular weight is 505 g/mol. The highest BCUT2D eigenvalue weighted by Crippen LogP contribution is 2.39. The van der Waals surface area contributed by atoms with E-state index in [1.807, 2.05) is 0 Å². The van der Waals surface area contributed by atoms with Gasteiger partial charge in [0.05, 0.1) is 4.90 Å². The van der Waals surface area contributed by atoms with Gasteiger partial charge in [0, 0.05) is 44.4 Å². The molecule has 1 unspecified atom stereocenters. The van der Waals surface area contributed by atoms with Gasteiger partial charge in [-0.2, -0.15) is 0 Å². The smallest absolute Gasteiger partial charge is 0.303 e. The van der Waals surface area contributed by atoms with Crippen molar-refractivity contribution in [2.24, 2.45) is 0 Å². The third kappa shape index (κ3) is 7.19. The lowest BCUT2D eigenvalue weighted by atomic mass is 9.90. The Morgan fingerprint density at radius 1 is 0.909 bits per heavy atom. The molecule has 1 fully saturated rings. The van der Waals surface area contributed by atoms with E-state index in [2.05, 4.69) is 0 Å². The predicted octanol–water partition coefficient (Wildman–Crippen LogP) is 1.06. The van der Waals surface area contributed by atoms with Gasteiger partial charge in [-0.1, -0.05) is 18.2 Å². The molecule has 1 N–H and O–H groups in total. The van der Waals surface area contributed by atoms with Crippen molar-refractivity contribution in [3.63, 3.8) is 0 Å². The molecule has 0 bridgehead atoms. The van der Waals surface area contributed by atoms with Crippen molar-refractivity contribution in [1.82, 2.24) is 0 Å². The van der Waals surface area contributed by atoms with Gasteiger partial charge in [0.15, 0.2) is 27.1 Å². The number of hydrogen-bond donors (Lipinski definition) is 1. The molecule has 0 aliphatic carbocycles. The molecule has 0 saturated carbocycles. The van der Waals surface area contributed by atoms with Crippen LogP contribution >= 0.6 is 0 Å². The Labute approximate surface area is 195 Å². The average Bonchev–Trinajstić information content (AvgIpc) is 2.68. The van der Waals surface area contributed by atoms with Crippen LogP contribution in [0.4, 0.5) is 0 Å². The summed E-state index contributed by atoms with van der Waals surface area (Å²) in [5.41, 5.74) is 0.0810. The summed E-state index contributed by atoms with van der Waals surface area (Å²) >= 11 is 4.73. The van der Waals surface area contributed by atoms with Crippen LogP contribution < -0.4 is 0 Å². The Balaban J connectivity index is 2.68.